The molecule has 221 valence electrons. The third-order valence-corrected chi connectivity index (χ3v) is 1.58. The summed E-state index contributed by atoms with van der Waals surface area (Å²) in [5.74, 6) is -5.14. The minimum absolute atomic E-state index is 0. The standard InChI is InChI=1S/C7H10O7.7Fe.H2N.9H2S.V/c8-4(9)1-2-7(14,6(12)13)3-5(10)11;;;;;;;;;;;;;;;;;;/h14H,1-3H2,(H,8,9)(H,10,11)(H,12,13);;;;;;;;10*1H2;/q;;;;;;;;-1;;;;;;;;;;/p+1. The van der Waals surface area contributed by atoms with Crippen LogP contribution in [-0.4, -0.2) is 33.7 Å². The number of carbonyl (C=O) groups is 3. The largest absolute Gasteiger partial charge is 0.813 e. The number of rotatable bonds is 6. The molecule has 0 rings (SSSR count). The molecule has 0 heterocycles. The summed E-state index contributed by atoms with van der Waals surface area (Å²) in [5, 5.41) is 37.7. The monoisotopic (exact) mass is 971 g/mol. The number of nitrogens with two attached hydrogens (primary N) is 1. The fraction of sp³-hybridized carbons (Fsp3) is 0.571. The number of aliphatic hydroxyl groups is 1. The number of aliphatic carboxylic acids is 3. The number of carbonyl (C=O) groups excluding carboxylic acids is 2. The molecule has 0 fully saturated rings. The molecule has 0 aliphatic heterocycles. The zero-order chi connectivity index (χ0) is 11.4. The average Bonchev–Trinajstić information content (AvgIpc) is 1.99. The Kier molecular flexibility index (Phi) is 378. The van der Waals surface area contributed by atoms with Crippen LogP contribution < -0.4 is 10.2 Å². The van der Waals surface area contributed by atoms with E-state index >= 15 is 0 Å². The van der Waals surface area contributed by atoms with E-state index in [9.17, 15) is 29.7 Å². The van der Waals surface area contributed by atoms with Gasteiger partial charge in [0.25, 0.3) is 0 Å². The van der Waals surface area contributed by atoms with Crippen LogP contribution >= 0.6 is 0 Å². The van der Waals surface area contributed by atoms with E-state index in [1.54, 1.807) is 0 Å². The van der Waals surface area contributed by atoms with Gasteiger partial charge in [-0.3, -0.25) is 0 Å². The van der Waals surface area contributed by atoms with E-state index in [4.69, 9.17) is 5.11 Å². The minimum Gasteiger partial charge on any atom is -0.813 e. The van der Waals surface area contributed by atoms with Crippen LogP contribution in [0.5, 0.6) is 0 Å². The molecule has 0 aromatic rings. The molecule has 1 unspecified atom stereocenters. The maximum Gasteiger partial charge on any atom is 0.336 e. The molecule has 4 N–H and O–H groups in total. The first-order valence-electron chi connectivity index (χ1n) is 3.63. The smallest absolute Gasteiger partial charge is 0.336 e. The molecular weight excluding hydrogens is 941 g/mol. The van der Waals surface area contributed by atoms with Crippen molar-refractivity contribution >= 4 is 139 Å². The fourth-order valence-corrected chi connectivity index (χ4v) is 0.819. The van der Waals surface area contributed by atoms with Crippen LogP contribution in [0.3, 0.4) is 0 Å². The Bertz CT molecular complexity index is 317. The third-order valence-electron chi connectivity index (χ3n) is 1.58. The van der Waals surface area contributed by atoms with E-state index in [0.717, 1.165) is 0 Å². The van der Waals surface area contributed by atoms with Gasteiger partial charge in [-0.2, -0.15) is 0 Å². The second-order valence-electron chi connectivity index (χ2n) is 2.76. The van der Waals surface area contributed by atoms with Gasteiger partial charge in [0, 0.05) is 156 Å². The first-order valence-corrected chi connectivity index (χ1v) is 3.63. The van der Waals surface area contributed by atoms with Gasteiger partial charge in [0.05, 0.1) is 0 Å². The van der Waals surface area contributed by atoms with Crippen LogP contribution in [0.1, 0.15) is 19.3 Å². The van der Waals surface area contributed by atoms with Crippen molar-refractivity contribution in [2.75, 3.05) is 0 Å². The Labute approximate surface area is 338 Å². The Morgan fingerprint density at radius 2 is 0.875 bits per heavy atom. The second-order valence-corrected chi connectivity index (χ2v) is 2.76. The Hall–Kier alpha value is 5.70. The van der Waals surface area contributed by atoms with E-state index in [1.807, 2.05) is 0 Å². The molecule has 0 aromatic heterocycles. The molecule has 0 bridgehead atoms. The Morgan fingerprint density at radius 1 is 0.656 bits per heavy atom. The predicted octanol–water partition coefficient (Wildman–Crippen LogP) is -8.47. The average molecular weight is 972 g/mol. The zero-order valence-corrected chi connectivity index (χ0v) is 34.1. The Morgan fingerprint density at radius 3 is 1.00 bits per heavy atom. The van der Waals surface area contributed by atoms with Crippen molar-refractivity contribution in [3.63, 3.8) is 0 Å². The summed E-state index contributed by atoms with van der Waals surface area (Å²) in [6, 6.07) is 0. The van der Waals surface area contributed by atoms with Crippen LogP contribution in [0.25, 0.3) is 6.15 Å². The SMILES string of the molecule is O=C([O-])CCC(O)(CC(=O)[O-])C(=O)O.[Fe].[Fe].[Fe].[Fe].[Fe].[Fe].[Fe].[NH2-].[SH-].[SH-].[SH-].[SH3+].[SH3+].[SH3+].[SH3+].[SH3+].[SH3+].[V]. The van der Waals surface area contributed by atoms with Gasteiger partial charge in [-0.25, -0.2) is 4.79 Å². The van der Waals surface area contributed by atoms with E-state index in [1.165, 1.54) is 0 Å². The number of hydrogen-bond donors (Lipinski definition) is 2. The van der Waals surface area contributed by atoms with Crippen LogP contribution in [0.4, 0.5) is 0 Å². The minimum atomic E-state index is -2.61. The third kappa shape index (κ3) is 83.4. The topological polar surface area (TPSA) is 171 Å². The summed E-state index contributed by atoms with van der Waals surface area (Å²) in [6.07, 6.45) is -2.63. The van der Waals surface area contributed by atoms with Crippen LogP contribution in [0.15, 0.2) is 0 Å². The van der Waals surface area contributed by atoms with Crippen molar-refractivity contribution in [1.29, 1.82) is 0 Å². The molecule has 1 radical (unpaired) electrons. The van der Waals surface area contributed by atoms with Crippen molar-refractivity contribution in [3.8, 4) is 0 Å². The number of hydrogen-bond acceptors (Lipinski definition) is 9. The molecule has 0 aromatic carbocycles. The molecule has 25 heteroatoms. The molecule has 0 saturated heterocycles. The molecular formula is C7H31Fe7NO7S9V. The van der Waals surface area contributed by atoms with Gasteiger partial charge in [-0.15, -0.1) is 0 Å². The summed E-state index contributed by atoms with van der Waals surface area (Å²) in [7, 11) is 0. The molecule has 0 amide bonds. The van der Waals surface area contributed by atoms with Gasteiger partial charge in [0.1, 0.15) is 0 Å². The summed E-state index contributed by atoms with van der Waals surface area (Å²) in [5.41, 5.74) is -2.61. The molecule has 1 atom stereocenters. The van der Waals surface area contributed by atoms with Crippen LogP contribution in [0.2, 0.25) is 0 Å². The first kappa shape index (κ1) is 145. The first-order chi connectivity index (χ1) is 6.28. The number of carboxylic acids is 3. The molecule has 32 heavy (non-hydrogen) atoms. The normalized spacial score (nSPS) is 6.28. The maximum absolute atomic E-state index is 10.4. The zero-order valence-electron chi connectivity index (χ0n) is 15.4. The van der Waals surface area contributed by atoms with Crippen LogP contribution in [-0.2, 0) is 274 Å². The molecule has 8 nitrogen and oxygen atoms in total. The van der Waals surface area contributed by atoms with Gasteiger partial charge in [-0.05, 0) is 12.8 Å². The van der Waals surface area contributed by atoms with E-state index in [0.29, 0.717) is 0 Å². The summed E-state index contributed by atoms with van der Waals surface area (Å²) in [4.78, 5) is 30.5. The Balaban J connectivity index is -0.00000000552. The molecule has 0 saturated carbocycles. The van der Waals surface area contributed by atoms with Gasteiger partial charge >= 0.3 is 5.97 Å². The van der Waals surface area contributed by atoms with Gasteiger partial charge in [-0.1, -0.05) is 81.0 Å². The van der Waals surface area contributed by atoms with Gasteiger partial charge in [0.2, 0.25) is 0 Å². The molecule has 0 aliphatic carbocycles. The maximum atomic E-state index is 10.4. The number of thiol groups is 3. The van der Waals surface area contributed by atoms with Crippen molar-refractivity contribution in [2.45, 2.75) is 24.9 Å². The fourth-order valence-electron chi connectivity index (χ4n) is 0.819. The van der Waals surface area contributed by atoms with E-state index in [2.05, 4.69) is 0 Å². The summed E-state index contributed by atoms with van der Waals surface area (Å²) >= 11 is 0. The van der Waals surface area contributed by atoms with Crippen molar-refractivity contribution < 1.29 is 173 Å². The second kappa shape index (κ2) is 83.3. The van der Waals surface area contributed by atoms with Gasteiger partial charge < -0.3 is 76.7 Å². The number of carboxylic acid groups (broad SMARTS) is 3. The van der Waals surface area contributed by atoms with Crippen molar-refractivity contribution in [3.05, 3.63) is 6.15 Å². The quantitative estimate of drug-likeness (QED) is 0.113. The molecule has 0 spiro atoms. The van der Waals surface area contributed by atoms with Crippen LogP contribution in [0, 0.1) is 0 Å². The predicted molar refractivity (Wildman–Crippen MR) is 137 cm³/mol. The van der Waals surface area contributed by atoms with E-state index < -0.39 is 42.8 Å². The summed E-state index contributed by atoms with van der Waals surface area (Å²) < 4.78 is 0. The van der Waals surface area contributed by atoms with Crippen molar-refractivity contribution in [2.24, 2.45) is 0 Å². The molecule has 0 aliphatic rings. The summed E-state index contributed by atoms with van der Waals surface area (Å²) in [6.45, 7) is 0. The van der Waals surface area contributed by atoms with E-state index in [-0.39, 0.29) is 266 Å². The van der Waals surface area contributed by atoms with Gasteiger partial charge in [0.15, 0.2) is 5.60 Å². The van der Waals surface area contributed by atoms with Crippen molar-refractivity contribution in [1.82, 2.24) is 0 Å².